The lowest BCUT2D eigenvalue weighted by Gasteiger charge is -2.32. The number of hydrogen-bond donors (Lipinski definition) is 1. The van der Waals surface area contributed by atoms with Gasteiger partial charge in [0.25, 0.3) is 0 Å². The lowest BCUT2D eigenvalue weighted by Crippen LogP contribution is -2.36. The summed E-state index contributed by atoms with van der Waals surface area (Å²) in [6.07, 6.45) is 7.23. The molecule has 0 amide bonds. The van der Waals surface area contributed by atoms with Gasteiger partial charge in [-0.15, -0.1) is 5.10 Å². The van der Waals surface area contributed by atoms with Crippen molar-refractivity contribution >= 4 is 0 Å². The smallest absolute Gasteiger partial charge is 0.0964 e. The van der Waals surface area contributed by atoms with Gasteiger partial charge in [-0.3, -0.25) is 4.68 Å². The molecule has 0 saturated carbocycles. The highest BCUT2D eigenvalue weighted by Crippen LogP contribution is 2.18. The molecule has 0 radical (unpaired) electrons. The quantitative estimate of drug-likeness (QED) is 0.717. The Morgan fingerprint density at radius 2 is 2.35 bits per heavy atom. The molecule has 1 aromatic rings. The number of ether oxygens (including phenoxy) is 1. The number of nitrogens with one attached hydrogen (secondary N) is 1. The van der Waals surface area contributed by atoms with E-state index in [0.717, 1.165) is 38.4 Å². The van der Waals surface area contributed by atoms with Crippen LogP contribution in [-0.2, 0) is 17.8 Å². The van der Waals surface area contributed by atoms with E-state index >= 15 is 0 Å². The molecule has 20 heavy (non-hydrogen) atoms. The van der Waals surface area contributed by atoms with Gasteiger partial charge in [0.05, 0.1) is 12.3 Å². The average molecular weight is 281 g/mol. The number of methoxy groups -OCH3 is 1. The van der Waals surface area contributed by atoms with E-state index in [1.807, 2.05) is 10.9 Å². The molecule has 1 atom stereocenters. The Morgan fingerprint density at radius 1 is 1.45 bits per heavy atom. The second kappa shape index (κ2) is 8.34. The summed E-state index contributed by atoms with van der Waals surface area (Å²) in [4.78, 5) is 2.48. The van der Waals surface area contributed by atoms with Crippen LogP contribution < -0.4 is 5.32 Å². The summed E-state index contributed by atoms with van der Waals surface area (Å²) in [6, 6.07) is 0.705. The van der Waals surface area contributed by atoms with E-state index in [2.05, 4.69) is 27.6 Å². The number of aromatic nitrogens is 3. The third-order valence-electron chi connectivity index (χ3n) is 3.99. The van der Waals surface area contributed by atoms with Gasteiger partial charge in [-0.25, -0.2) is 0 Å². The summed E-state index contributed by atoms with van der Waals surface area (Å²) in [5, 5.41) is 11.7. The minimum absolute atomic E-state index is 0.705. The number of aryl methyl sites for hydroxylation is 1. The van der Waals surface area contributed by atoms with Gasteiger partial charge in [-0.2, -0.15) is 0 Å². The van der Waals surface area contributed by atoms with Crippen molar-refractivity contribution in [2.45, 2.75) is 44.8 Å². The predicted octanol–water partition coefficient (Wildman–Crippen LogP) is 0.889. The molecule has 2 rings (SSSR count). The first-order valence-electron chi connectivity index (χ1n) is 7.58. The lowest BCUT2D eigenvalue weighted by atomic mass is 10.0. The van der Waals surface area contributed by atoms with Crippen LogP contribution in [-0.4, -0.2) is 59.8 Å². The van der Waals surface area contributed by atoms with Gasteiger partial charge in [0.2, 0.25) is 0 Å². The predicted molar refractivity (Wildman–Crippen MR) is 78.5 cm³/mol. The highest BCUT2D eigenvalue weighted by Gasteiger charge is 2.18. The molecule has 1 aliphatic heterocycles. The Balaban J connectivity index is 1.69. The number of nitrogens with zero attached hydrogens (tertiary/aromatic N) is 4. The van der Waals surface area contributed by atoms with Crippen LogP contribution in [0.15, 0.2) is 6.20 Å². The third kappa shape index (κ3) is 4.85. The fourth-order valence-corrected chi connectivity index (χ4v) is 2.71. The van der Waals surface area contributed by atoms with E-state index in [0.29, 0.717) is 6.04 Å². The van der Waals surface area contributed by atoms with E-state index in [1.54, 1.807) is 7.11 Å². The Labute approximate surface area is 121 Å². The zero-order chi connectivity index (χ0) is 14.2. The molecule has 6 heteroatoms. The van der Waals surface area contributed by atoms with E-state index < -0.39 is 0 Å². The Hall–Kier alpha value is -0.980. The molecule has 1 aromatic heterocycles. The Morgan fingerprint density at radius 3 is 3.15 bits per heavy atom. The molecule has 1 unspecified atom stereocenters. The van der Waals surface area contributed by atoms with Crippen LogP contribution >= 0.6 is 0 Å². The summed E-state index contributed by atoms with van der Waals surface area (Å²) in [7, 11) is 3.94. The Kier molecular flexibility index (Phi) is 6.42. The third-order valence-corrected chi connectivity index (χ3v) is 3.99. The average Bonchev–Trinajstić information content (AvgIpc) is 2.91. The topological polar surface area (TPSA) is 55.2 Å². The maximum atomic E-state index is 4.99. The molecule has 114 valence electrons. The first-order valence-corrected chi connectivity index (χ1v) is 7.58. The molecule has 0 aromatic carbocycles. The van der Waals surface area contributed by atoms with Gasteiger partial charge in [0, 0.05) is 39.0 Å². The van der Waals surface area contributed by atoms with E-state index in [1.165, 1.54) is 25.8 Å². The maximum Gasteiger partial charge on any atom is 0.0964 e. The van der Waals surface area contributed by atoms with Gasteiger partial charge in [0.1, 0.15) is 0 Å². The van der Waals surface area contributed by atoms with Gasteiger partial charge >= 0.3 is 0 Å². The highest BCUT2D eigenvalue weighted by molar-refractivity contribution is 4.91. The van der Waals surface area contributed by atoms with Crippen LogP contribution in [0.1, 0.15) is 31.4 Å². The molecule has 1 N–H and O–H groups in total. The summed E-state index contributed by atoms with van der Waals surface area (Å²) >= 11 is 0. The highest BCUT2D eigenvalue weighted by atomic mass is 16.5. The molecule has 1 saturated heterocycles. The minimum atomic E-state index is 0.705. The van der Waals surface area contributed by atoms with Crippen LogP contribution in [0.4, 0.5) is 0 Å². The molecular weight excluding hydrogens is 254 g/mol. The van der Waals surface area contributed by atoms with E-state index in [4.69, 9.17) is 4.74 Å². The van der Waals surface area contributed by atoms with Gasteiger partial charge in [-0.1, -0.05) is 11.6 Å². The number of rotatable bonds is 8. The zero-order valence-corrected chi connectivity index (χ0v) is 12.7. The SMILES string of the molecule is COCCNCc1cn(CCC2CCCCN2C)nn1. The van der Waals surface area contributed by atoms with Crippen molar-refractivity contribution in [2.24, 2.45) is 0 Å². The maximum absolute atomic E-state index is 4.99. The first kappa shape index (κ1) is 15.4. The molecule has 0 aliphatic carbocycles. The van der Waals surface area contributed by atoms with Crippen LogP contribution in [0.2, 0.25) is 0 Å². The van der Waals surface area contributed by atoms with E-state index in [-0.39, 0.29) is 0 Å². The van der Waals surface area contributed by atoms with Crippen molar-refractivity contribution < 1.29 is 4.74 Å². The normalized spacial score (nSPS) is 20.4. The number of likely N-dealkylation sites (tertiary alicyclic amines) is 1. The first-order chi connectivity index (χ1) is 9.79. The lowest BCUT2D eigenvalue weighted by molar-refractivity contribution is 0.169. The molecule has 6 nitrogen and oxygen atoms in total. The Bertz CT molecular complexity index is 381. The van der Waals surface area contributed by atoms with Crippen LogP contribution in [0.5, 0.6) is 0 Å². The van der Waals surface area contributed by atoms with Crippen molar-refractivity contribution in [3.05, 3.63) is 11.9 Å². The van der Waals surface area contributed by atoms with Crippen LogP contribution in [0, 0.1) is 0 Å². The molecule has 2 heterocycles. The second-order valence-corrected chi connectivity index (χ2v) is 5.56. The second-order valence-electron chi connectivity index (χ2n) is 5.56. The molecule has 1 fully saturated rings. The van der Waals surface area contributed by atoms with Gasteiger partial charge < -0.3 is 15.0 Å². The van der Waals surface area contributed by atoms with Crippen molar-refractivity contribution in [2.75, 3.05) is 33.9 Å². The summed E-state index contributed by atoms with van der Waals surface area (Å²) < 4.78 is 6.96. The largest absolute Gasteiger partial charge is 0.383 e. The van der Waals surface area contributed by atoms with Crippen molar-refractivity contribution in [1.82, 2.24) is 25.2 Å². The standard InChI is InChI=1S/C14H27N5O/c1-18-8-4-3-5-14(18)6-9-19-12-13(16-17-19)11-15-7-10-20-2/h12,14-15H,3-11H2,1-2H3. The molecule has 1 aliphatic rings. The van der Waals surface area contributed by atoms with Gasteiger partial charge in [-0.05, 0) is 32.9 Å². The molecule has 0 spiro atoms. The fraction of sp³-hybridized carbons (Fsp3) is 0.857. The number of hydrogen-bond acceptors (Lipinski definition) is 5. The summed E-state index contributed by atoms with van der Waals surface area (Å²) in [5.41, 5.74) is 0.998. The van der Waals surface area contributed by atoms with Crippen molar-refractivity contribution in [3.63, 3.8) is 0 Å². The fourth-order valence-electron chi connectivity index (χ4n) is 2.71. The zero-order valence-electron chi connectivity index (χ0n) is 12.7. The van der Waals surface area contributed by atoms with Crippen molar-refractivity contribution in [1.29, 1.82) is 0 Å². The monoisotopic (exact) mass is 281 g/mol. The van der Waals surface area contributed by atoms with Crippen molar-refractivity contribution in [3.8, 4) is 0 Å². The number of piperidine rings is 1. The van der Waals surface area contributed by atoms with E-state index in [9.17, 15) is 0 Å². The summed E-state index contributed by atoms with van der Waals surface area (Å²) in [5.74, 6) is 0. The molecular formula is C14H27N5O. The minimum Gasteiger partial charge on any atom is -0.383 e. The summed E-state index contributed by atoms with van der Waals surface area (Å²) in [6.45, 7) is 4.52. The molecule has 0 bridgehead atoms. The van der Waals surface area contributed by atoms with Gasteiger partial charge in [0.15, 0.2) is 0 Å². The van der Waals surface area contributed by atoms with Crippen LogP contribution in [0.3, 0.4) is 0 Å². The van der Waals surface area contributed by atoms with Crippen LogP contribution in [0.25, 0.3) is 0 Å².